The Morgan fingerprint density at radius 1 is 0.985 bits per heavy atom. The molecule has 1 aliphatic heterocycles. The molecule has 4 N–H and O–H groups in total. The van der Waals surface area contributed by atoms with Crippen molar-refractivity contribution in [3.05, 3.63) is 99.6 Å². The third-order valence-electron chi connectivity index (χ3n) is 12.4. The number of rotatable bonds is 18. The fourth-order valence-electron chi connectivity index (χ4n) is 9.16. The van der Waals surface area contributed by atoms with Gasteiger partial charge in [0, 0.05) is 54.6 Å². The van der Waals surface area contributed by atoms with Gasteiger partial charge in [0.25, 0.3) is 5.91 Å². The number of amides is 4. The lowest BCUT2D eigenvalue weighted by molar-refractivity contribution is -0.164. The molecule has 0 bridgehead atoms. The van der Waals surface area contributed by atoms with Crippen molar-refractivity contribution in [3.8, 4) is 28.0 Å². The fraction of sp³-hybridized carbons (Fsp3) is 0.480. The van der Waals surface area contributed by atoms with Gasteiger partial charge in [-0.2, -0.15) is 5.26 Å². The number of unbranched alkanes of at least 4 members (excludes halogenated alkanes) is 1. The molecule has 1 aromatic heterocycles. The first-order valence-electron chi connectivity index (χ1n) is 22.2. The highest BCUT2D eigenvalue weighted by atomic mass is 35.5. The molecule has 352 valence electrons. The molecule has 4 aromatic rings. The average Bonchev–Trinajstić information content (AvgIpc) is 3.89. The number of benzene rings is 3. The molecular weight excluding hydrogens is 880 g/mol. The van der Waals surface area contributed by atoms with Crippen LogP contribution in [0.3, 0.4) is 0 Å². The van der Waals surface area contributed by atoms with Crippen molar-refractivity contribution in [2.45, 2.75) is 112 Å². The van der Waals surface area contributed by atoms with Crippen molar-refractivity contribution in [3.63, 3.8) is 0 Å². The first-order valence-corrected chi connectivity index (χ1v) is 23.5. The first-order chi connectivity index (χ1) is 31.2. The summed E-state index contributed by atoms with van der Waals surface area (Å²) >= 11 is 7.80. The van der Waals surface area contributed by atoms with Crippen molar-refractivity contribution in [1.82, 2.24) is 25.8 Å². The van der Waals surface area contributed by atoms with Crippen LogP contribution in [0, 0.1) is 34.5 Å². The summed E-state index contributed by atoms with van der Waals surface area (Å²) in [5.41, 5.74) is 4.09. The lowest BCUT2D eigenvalue weighted by atomic mass is 9.49. The predicted octanol–water partition coefficient (Wildman–Crippen LogP) is 7.24. The van der Waals surface area contributed by atoms with Gasteiger partial charge < -0.3 is 40.2 Å². The number of aromatic nitrogens is 1. The van der Waals surface area contributed by atoms with Crippen molar-refractivity contribution in [2.24, 2.45) is 16.2 Å². The Hall–Kier alpha value is -5.53. The molecule has 16 heteroatoms. The lowest BCUT2D eigenvalue weighted by Crippen LogP contribution is -2.74. The van der Waals surface area contributed by atoms with Crippen LogP contribution in [0.25, 0.3) is 10.4 Å². The van der Waals surface area contributed by atoms with E-state index in [0.717, 1.165) is 21.7 Å². The van der Waals surface area contributed by atoms with E-state index in [1.54, 1.807) is 53.8 Å². The number of thiazole rings is 1. The fourth-order valence-corrected chi connectivity index (χ4v) is 10.2. The van der Waals surface area contributed by atoms with E-state index in [2.05, 4.69) is 54.7 Å². The Bertz CT molecular complexity index is 2390. The number of nitriles is 1. The van der Waals surface area contributed by atoms with Gasteiger partial charge in [0.2, 0.25) is 17.7 Å². The minimum atomic E-state index is -0.965. The zero-order valence-electron chi connectivity index (χ0n) is 38.9. The van der Waals surface area contributed by atoms with E-state index < -0.39 is 46.2 Å². The third-order valence-corrected chi connectivity index (χ3v) is 13.7. The van der Waals surface area contributed by atoms with Crippen LogP contribution in [-0.4, -0.2) is 95.3 Å². The van der Waals surface area contributed by atoms with E-state index in [1.165, 1.54) is 4.90 Å². The quantitative estimate of drug-likeness (QED) is 0.0740. The van der Waals surface area contributed by atoms with Crippen molar-refractivity contribution in [1.29, 1.82) is 5.26 Å². The minimum Gasteiger partial charge on any atom is -0.494 e. The van der Waals surface area contributed by atoms with E-state index >= 15 is 0 Å². The van der Waals surface area contributed by atoms with Crippen molar-refractivity contribution in [2.75, 3.05) is 26.4 Å². The summed E-state index contributed by atoms with van der Waals surface area (Å²) in [6.07, 6.45) is 0.262. The molecule has 4 amide bonds. The number of carbonyl (C=O) groups is 4. The summed E-state index contributed by atoms with van der Waals surface area (Å²) in [6, 6.07) is 19.8. The van der Waals surface area contributed by atoms with Crippen LogP contribution in [0.15, 0.2) is 72.2 Å². The number of hydrogen-bond donors (Lipinski definition) is 4. The number of carbonyl (C=O) groups excluding carboxylic acids is 4. The molecule has 66 heavy (non-hydrogen) atoms. The van der Waals surface area contributed by atoms with Gasteiger partial charge in [-0.15, -0.1) is 11.3 Å². The zero-order valence-corrected chi connectivity index (χ0v) is 40.5. The van der Waals surface area contributed by atoms with Crippen LogP contribution in [0.5, 0.6) is 11.5 Å². The molecule has 2 fully saturated rings. The van der Waals surface area contributed by atoms with Crippen LogP contribution < -0.4 is 25.4 Å². The van der Waals surface area contributed by atoms with Crippen LogP contribution in [-0.2, 0) is 25.7 Å². The molecule has 0 spiro atoms. The average molecular weight is 942 g/mol. The number of aliphatic hydroxyl groups excluding tert-OH is 1. The number of nitrogens with one attached hydrogen (secondary N) is 3. The smallest absolute Gasteiger partial charge is 0.251 e. The number of likely N-dealkylation sites (tertiary alicyclic amines) is 1. The number of halogens is 1. The maximum absolute atomic E-state index is 14.0. The number of hydrogen-bond acceptors (Lipinski definition) is 11. The van der Waals surface area contributed by atoms with E-state index in [9.17, 15) is 29.5 Å². The highest BCUT2D eigenvalue weighted by Crippen LogP contribution is 2.55. The minimum absolute atomic E-state index is 0.0190. The molecule has 6 rings (SSSR count). The Labute approximate surface area is 396 Å². The highest BCUT2D eigenvalue weighted by Gasteiger charge is 2.64. The molecule has 0 radical (unpaired) electrons. The topological polar surface area (TPSA) is 192 Å². The lowest BCUT2D eigenvalue weighted by Gasteiger charge is -2.63. The van der Waals surface area contributed by atoms with Crippen LogP contribution in [0.1, 0.15) is 94.9 Å². The van der Waals surface area contributed by atoms with Crippen LogP contribution in [0.4, 0.5) is 0 Å². The largest absolute Gasteiger partial charge is 0.494 e. The van der Waals surface area contributed by atoms with Gasteiger partial charge in [0.1, 0.15) is 42.4 Å². The number of aliphatic hydroxyl groups is 1. The third kappa shape index (κ3) is 11.7. The van der Waals surface area contributed by atoms with Crippen LogP contribution in [0.2, 0.25) is 5.02 Å². The Morgan fingerprint density at radius 2 is 1.65 bits per heavy atom. The summed E-state index contributed by atoms with van der Waals surface area (Å²) in [7, 11) is 0. The molecule has 1 unspecified atom stereocenters. The second-order valence-corrected chi connectivity index (χ2v) is 20.6. The number of nitrogens with zero attached hydrogens (tertiary/aromatic N) is 3. The molecule has 1 aliphatic carbocycles. The maximum atomic E-state index is 14.0. The van der Waals surface area contributed by atoms with Gasteiger partial charge in [-0.3, -0.25) is 19.2 Å². The molecule has 2 heterocycles. The van der Waals surface area contributed by atoms with Gasteiger partial charge in [0.05, 0.1) is 39.4 Å². The van der Waals surface area contributed by atoms with E-state index in [1.807, 2.05) is 57.5 Å². The molecule has 1 saturated carbocycles. The Balaban J connectivity index is 0.896. The highest BCUT2D eigenvalue weighted by molar-refractivity contribution is 7.13. The SMILES string of the molecule is Cc1ncsc1-c1ccc(CNC(=O)[C@@H]2C[C@@H](O)CN2C(=O)C(NC(=O)COCCCCOc2ccc(C(=O)NC3C(C)(C)C(Oc4ccc(C#N)c(Cl)c4)C3(C)C)cc2)C(C)(C)C)cc1. The Kier molecular flexibility index (Phi) is 15.9. The molecule has 1 saturated heterocycles. The van der Waals surface area contributed by atoms with Gasteiger partial charge in [-0.05, 0) is 72.7 Å². The van der Waals surface area contributed by atoms with E-state index in [-0.39, 0.29) is 50.1 Å². The standard InChI is InChI=1S/C50H61ClN6O8S/c1-30-41(66-29-54-30)32-13-11-31(12-14-32)26-53-44(61)39-23-35(58)27-57(39)45(62)42(48(2,3)4)55-40(59)28-63-21-9-10-22-64-36-18-15-33(16-19-36)43(60)56-46-49(5,6)47(50(46,7)8)65-37-20-17-34(25-52)38(51)24-37/h11-20,24,29,35,39,42,46-47,58H,9-10,21-23,26-28H2,1-8H3,(H,53,61)(H,55,59)(H,56,60)/t35-,39+,42?,46?,47?/m1/s1. The summed E-state index contributed by atoms with van der Waals surface area (Å²) in [6.45, 7) is 16.3. The van der Waals surface area contributed by atoms with Crippen LogP contribution >= 0.6 is 22.9 Å². The second kappa shape index (κ2) is 21.0. The number of aryl methyl sites for hydroxylation is 1. The maximum Gasteiger partial charge on any atom is 0.251 e. The summed E-state index contributed by atoms with van der Waals surface area (Å²) in [4.78, 5) is 60.6. The van der Waals surface area contributed by atoms with Gasteiger partial charge in [0.15, 0.2) is 0 Å². The van der Waals surface area contributed by atoms with E-state index in [0.29, 0.717) is 53.7 Å². The van der Waals surface area contributed by atoms with Gasteiger partial charge >= 0.3 is 0 Å². The van der Waals surface area contributed by atoms with Crippen molar-refractivity contribution >= 4 is 46.6 Å². The zero-order chi connectivity index (χ0) is 48.0. The van der Waals surface area contributed by atoms with Gasteiger partial charge in [-0.25, -0.2) is 4.98 Å². The monoisotopic (exact) mass is 940 g/mol. The predicted molar refractivity (Wildman–Crippen MR) is 253 cm³/mol. The first kappa shape index (κ1) is 49.9. The number of ether oxygens (including phenoxy) is 3. The molecular formula is C50H61ClN6O8S. The second-order valence-electron chi connectivity index (χ2n) is 19.4. The Morgan fingerprint density at radius 3 is 2.27 bits per heavy atom. The van der Waals surface area contributed by atoms with E-state index in [4.69, 9.17) is 25.8 Å². The normalized spacial score (nSPS) is 20.0. The van der Waals surface area contributed by atoms with Crippen molar-refractivity contribution < 1.29 is 38.5 Å². The summed E-state index contributed by atoms with van der Waals surface area (Å²) < 4.78 is 17.9. The summed E-state index contributed by atoms with van der Waals surface area (Å²) in [5.74, 6) is -0.306. The molecule has 14 nitrogen and oxygen atoms in total. The molecule has 3 aromatic carbocycles. The van der Waals surface area contributed by atoms with Gasteiger partial charge in [-0.1, -0.05) is 84.3 Å². The molecule has 3 atom stereocenters. The number of β-amino-alcohol motifs (C(OH)–C–C–N with tert-alkyl or cyclic N) is 1. The summed E-state index contributed by atoms with van der Waals surface area (Å²) in [5, 5.41) is 29.0. The molecule has 2 aliphatic rings.